The lowest BCUT2D eigenvalue weighted by molar-refractivity contribution is 0.257. The molecule has 0 unspecified atom stereocenters. The van der Waals surface area contributed by atoms with Gasteiger partial charge in [0.15, 0.2) is 0 Å². The second-order valence-electron chi connectivity index (χ2n) is 1.83. The first-order valence-electron chi connectivity index (χ1n) is 3.17. The quantitative estimate of drug-likeness (QED) is 0.567. The fourth-order valence-corrected chi connectivity index (χ4v) is 0.428. The van der Waals surface area contributed by atoms with Crippen LogP contribution in [0.5, 0.6) is 5.75 Å². The van der Waals surface area contributed by atoms with Gasteiger partial charge in [-0.25, -0.2) is 9.79 Å². The number of benzene rings is 1. The number of phenolic OH excluding ortho intramolecular Hbond substituents is 1. The van der Waals surface area contributed by atoms with Gasteiger partial charge in [-0.2, -0.15) is 0 Å². The number of rotatable bonds is 0. The number of hydrogen-bond acceptors (Lipinski definition) is 2. The Hall–Kier alpha value is -1.84. The van der Waals surface area contributed by atoms with Gasteiger partial charge < -0.3 is 10.8 Å². The number of phenols is 1. The Morgan fingerprint density at radius 2 is 1.83 bits per heavy atom. The number of hydrogen-bond donors (Lipinski definition) is 2. The minimum absolute atomic E-state index is 0.322. The van der Waals surface area contributed by atoms with Crippen LogP contribution in [-0.2, 0) is 0 Å². The first-order valence-corrected chi connectivity index (χ1v) is 3.17. The Bertz CT molecular complexity index is 246. The van der Waals surface area contributed by atoms with Gasteiger partial charge >= 0.3 is 6.03 Å². The van der Waals surface area contributed by atoms with Crippen molar-refractivity contribution in [2.75, 3.05) is 0 Å². The van der Waals surface area contributed by atoms with Crippen LogP contribution < -0.4 is 5.73 Å². The standard InChI is InChI=1S/C6H6O.C2H4N2O/c7-6-4-2-1-3-5-6;1-4-2(3)5/h1-5,7H;1H2,(H2,3,5). The molecule has 0 aliphatic carbocycles. The third kappa shape index (κ3) is 6.28. The summed E-state index contributed by atoms with van der Waals surface area (Å²) in [6.07, 6.45) is 0. The number of para-hydroxylation sites is 1. The lowest BCUT2D eigenvalue weighted by atomic mass is 10.3. The van der Waals surface area contributed by atoms with Crippen LogP contribution in [0.15, 0.2) is 35.3 Å². The van der Waals surface area contributed by atoms with Gasteiger partial charge in [-0.3, -0.25) is 0 Å². The van der Waals surface area contributed by atoms with Gasteiger partial charge in [0.25, 0.3) is 0 Å². The molecule has 0 bridgehead atoms. The lowest BCUT2D eigenvalue weighted by Crippen LogP contribution is -2.01. The van der Waals surface area contributed by atoms with Crippen LogP contribution in [0.1, 0.15) is 0 Å². The number of nitrogens with two attached hydrogens (primary N) is 1. The van der Waals surface area contributed by atoms with Gasteiger partial charge in [0.05, 0.1) is 0 Å². The molecule has 2 amide bonds. The van der Waals surface area contributed by atoms with E-state index in [9.17, 15) is 4.79 Å². The molecule has 0 saturated carbocycles. The molecule has 0 aromatic heterocycles. The summed E-state index contributed by atoms with van der Waals surface area (Å²) >= 11 is 0. The van der Waals surface area contributed by atoms with E-state index in [1.165, 1.54) is 0 Å². The zero-order valence-corrected chi connectivity index (χ0v) is 6.47. The van der Waals surface area contributed by atoms with Crippen LogP contribution in [-0.4, -0.2) is 17.9 Å². The van der Waals surface area contributed by atoms with E-state index < -0.39 is 6.03 Å². The maximum Gasteiger partial charge on any atom is 0.337 e. The molecule has 3 N–H and O–H groups in total. The molecule has 0 aliphatic rings. The summed E-state index contributed by atoms with van der Waals surface area (Å²) in [4.78, 5) is 12.1. The molecule has 0 radical (unpaired) electrons. The third-order valence-electron chi connectivity index (χ3n) is 0.912. The molecule has 1 aromatic carbocycles. The minimum Gasteiger partial charge on any atom is -0.508 e. The van der Waals surface area contributed by atoms with Crippen LogP contribution in [0, 0.1) is 0 Å². The van der Waals surface area contributed by atoms with Crippen molar-refractivity contribution in [1.82, 2.24) is 0 Å². The maximum absolute atomic E-state index is 9.36. The molecule has 1 rings (SSSR count). The van der Waals surface area contributed by atoms with E-state index in [1.54, 1.807) is 24.3 Å². The highest BCUT2D eigenvalue weighted by atomic mass is 16.3. The molecular formula is C8H10N2O2. The molecule has 4 nitrogen and oxygen atoms in total. The molecule has 1 aromatic rings. The highest BCUT2D eigenvalue weighted by molar-refractivity contribution is 5.76. The molecular weight excluding hydrogens is 156 g/mol. The highest BCUT2D eigenvalue weighted by Gasteiger charge is 1.74. The Balaban J connectivity index is 0.000000217. The summed E-state index contributed by atoms with van der Waals surface area (Å²) in [5, 5.41) is 8.63. The SMILES string of the molecule is C=NC(N)=O.Oc1ccccc1. The first-order chi connectivity index (χ1) is 5.66. The van der Waals surface area contributed by atoms with E-state index in [0.717, 1.165) is 0 Å². The van der Waals surface area contributed by atoms with Crippen LogP contribution >= 0.6 is 0 Å². The average Bonchev–Trinajstić information content (AvgIpc) is 2.07. The predicted molar refractivity (Wildman–Crippen MR) is 47.2 cm³/mol. The van der Waals surface area contributed by atoms with Crippen LogP contribution in [0.2, 0.25) is 0 Å². The monoisotopic (exact) mass is 166 g/mol. The van der Waals surface area contributed by atoms with Gasteiger partial charge in [0.1, 0.15) is 5.75 Å². The molecule has 64 valence electrons. The third-order valence-corrected chi connectivity index (χ3v) is 0.912. The number of primary amides is 1. The average molecular weight is 166 g/mol. The smallest absolute Gasteiger partial charge is 0.337 e. The Kier molecular flexibility index (Phi) is 5.00. The minimum atomic E-state index is -0.731. The van der Waals surface area contributed by atoms with Crippen molar-refractivity contribution >= 4 is 12.7 Å². The fraction of sp³-hybridized carbons (Fsp3) is 0. The van der Waals surface area contributed by atoms with Crippen LogP contribution in [0.25, 0.3) is 0 Å². The number of urea groups is 1. The summed E-state index contributed by atoms with van der Waals surface area (Å²) in [5.74, 6) is 0.322. The topological polar surface area (TPSA) is 75.7 Å². The molecule has 0 atom stereocenters. The second kappa shape index (κ2) is 5.91. The van der Waals surface area contributed by atoms with Crippen molar-refractivity contribution < 1.29 is 9.90 Å². The molecule has 0 fully saturated rings. The number of carbonyl (C=O) groups is 1. The fourth-order valence-electron chi connectivity index (χ4n) is 0.428. The normalized spacial score (nSPS) is 7.67. The molecule has 0 aliphatic heterocycles. The number of carbonyl (C=O) groups excluding carboxylic acids is 1. The van der Waals surface area contributed by atoms with Crippen molar-refractivity contribution in [2.24, 2.45) is 10.7 Å². The molecule has 0 saturated heterocycles. The Labute approximate surface area is 70.4 Å². The number of amides is 2. The molecule has 0 spiro atoms. The highest BCUT2D eigenvalue weighted by Crippen LogP contribution is 2.02. The molecule has 4 heteroatoms. The number of aliphatic imine (C=N–C) groups is 1. The summed E-state index contributed by atoms with van der Waals surface area (Å²) in [7, 11) is 0. The zero-order chi connectivity index (χ0) is 9.40. The largest absolute Gasteiger partial charge is 0.508 e. The van der Waals surface area contributed by atoms with E-state index in [4.69, 9.17) is 5.11 Å². The van der Waals surface area contributed by atoms with Gasteiger partial charge in [0.2, 0.25) is 0 Å². The van der Waals surface area contributed by atoms with E-state index >= 15 is 0 Å². The van der Waals surface area contributed by atoms with Crippen LogP contribution in [0.4, 0.5) is 4.79 Å². The van der Waals surface area contributed by atoms with Crippen molar-refractivity contribution in [3.63, 3.8) is 0 Å². The van der Waals surface area contributed by atoms with Crippen molar-refractivity contribution in [2.45, 2.75) is 0 Å². The second-order valence-corrected chi connectivity index (χ2v) is 1.83. The Morgan fingerprint density at radius 3 is 2.00 bits per heavy atom. The summed E-state index contributed by atoms with van der Waals surface area (Å²) in [6.45, 7) is 2.84. The van der Waals surface area contributed by atoms with Crippen molar-refractivity contribution in [1.29, 1.82) is 0 Å². The lowest BCUT2D eigenvalue weighted by Gasteiger charge is -1.82. The van der Waals surface area contributed by atoms with E-state index in [1.807, 2.05) is 6.07 Å². The summed E-state index contributed by atoms with van der Waals surface area (Å²) < 4.78 is 0. The summed E-state index contributed by atoms with van der Waals surface area (Å²) in [6, 6.07) is 7.98. The van der Waals surface area contributed by atoms with Crippen molar-refractivity contribution in [3.05, 3.63) is 30.3 Å². The maximum atomic E-state index is 9.36. The van der Waals surface area contributed by atoms with Gasteiger partial charge in [0, 0.05) is 0 Å². The van der Waals surface area contributed by atoms with Gasteiger partial charge in [-0.15, -0.1) is 0 Å². The first kappa shape index (κ1) is 10.2. The van der Waals surface area contributed by atoms with Crippen LogP contribution in [0.3, 0.4) is 0 Å². The number of nitrogens with zero attached hydrogens (tertiary/aromatic N) is 1. The van der Waals surface area contributed by atoms with Crippen molar-refractivity contribution in [3.8, 4) is 5.75 Å². The molecule has 0 heterocycles. The van der Waals surface area contributed by atoms with E-state index in [0.29, 0.717) is 5.75 Å². The van der Waals surface area contributed by atoms with Gasteiger partial charge in [-0.1, -0.05) is 18.2 Å². The Morgan fingerprint density at radius 1 is 1.42 bits per heavy atom. The van der Waals surface area contributed by atoms with E-state index in [2.05, 4.69) is 17.4 Å². The number of aromatic hydroxyl groups is 1. The zero-order valence-electron chi connectivity index (χ0n) is 6.47. The predicted octanol–water partition coefficient (Wildman–Crippen LogP) is 1.16. The molecule has 12 heavy (non-hydrogen) atoms. The van der Waals surface area contributed by atoms with Gasteiger partial charge in [-0.05, 0) is 18.9 Å². The van der Waals surface area contributed by atoms with E-state index in [-0.39, 0.29) is 0 Å². The summed E-state index contributed by atoms with van der Waals surface area (Å²) in [5.41, 5.74) is 4.42.